The molecule has 6 atom stereocenters. The van der Waals surface area contributed by atoms with Crippen LogP contribution in [-0.4, -0.2) is 60.4 Å². The fraction of sp³-hybridized carbons (Fsp3) is 0.500. The first-order chi connectivity index (χ1) is 11.4. The average molecular weight is 416 g/mol. The summed E-state index contributed by atoms with van der Waals surface area (Å²) in [5.41, 5.74) is 0.759. The molecule has 142 valence electrons. The molecule has 1 aliphatic heterocycles. The molecule has 1 saturated heterocycles. The Labute approximate surface area is 142 Å². The highest BCUT2D eigenvalue weighted by Gasteiger charge is 2.58. The standard InChI is InChI=1S/C12H19O10P3/c13-11-9(6-8-4-2-1-3-5-8)22-10(12(11)14)7-23(15,16)25(20,21)24(17,18)19/h1-5,9-14H,6-7H2,(H,15,16)(H,20,21)(H2,17,18,19)/t9-,10+,11-,12+/m0/s1. The number of hydrogen-bond donors (Lipinski definition) is 6. The molecule has 0 saturated carbocycles. The fourth-order valence-corrected chi connectivity index (χ4v) is 10.0. The summed E-state index contributed by atoms with van der Waals surface area (Å²) < 4.78 is 40.1. The second-order valence-electron chi connectivity index (χ2n) is 5.76. The van der Waals surface area contributed by atoms with Gasteiger partial charge in [-0.2, -0.15) is 0 Å². The third kappa shape index (κ3) is 4.31. The second-order valence-corrected chi connectivity index (χ2v) is 17.1. The number of hydrogen-bond acceptors (Lipinski definition) is 6. The lowest BCUT2D eigenvalue weighted by Gasteiger charge is -2.22. The Bertz CT molecular complexity index is 747. The predicted molar refractivity (Wildman–Crippen MR) is 87.4 cm³/mol. The van der Waals surface area contributed by atoms with Gasteiger partial charge in [0.2, 0.25) is 0 Å². The maximum Gasteiger partial charge on any atom is 0.417 e. The van der Waals surface area contributed by atoms with E-state index in [1.807, 2.05) is 0 Å². The molecule has 1 fully saturated rings. The van der Waals surface area contributed by atoms with Crippen LogP contribution >= 0.6 is 21.1 Å². The largest absolute Gasteiger partial charge is 0.417 e. The molecule has 13 heteroatoms. The van der Waals surface area contributed by atoms with Crippen molar-refractivity contribution in [2.24, 2.45) is 0 Å². The van der Waals surface area contributed by atoms with Crippen LogP contribution in [0.25, 0.3) is 0 Å². The van der Waals surface area contributed by atoms with E-state index in [1.165, 1.54) is 0 Å². The van der Waals surface area contributed by atoms with E-state index in [-0.39, 0.29) is 6.42 Å². The predicted octanol–water partition coefficient (Wildman–Crippen LogP) is 0.267. The van der Waals surface area contributed by atoms with E-state index in [0.717, 1.165) is 5.56 Å². The molecule has 0 spiro atoms. The van der Waals surface area contributed by atoms with Crippen LogP contribution in [0.15, 0.2) is 30.3 Å². The van der Waals surface area contributed by atoms with Crippen LogP contribution in [0.2, 0.25) is 0 Å². The lowest BCUT2D eigenvalue weighted by molar-refractivity contribution is 0.0175. The lowest BCUT2D eigenvalue weighted by Crippen LogP contribution is -2.34. The Kier molecular flexibility index (Phi) is 6.14. The molecule has 10 nitrogen and oxygen atoms in total. The molecule has 2 rings (SSSR count). The summed E-state index contributed by atoms with van der Waals surface area (Å²) in [4.78, 5) is 36.7. The van der Waals surface area contributed by atoms with Gasteiger partial charge in [0.25, 0.3) is 7.06 Å². The minimum absolute atomic E-state index is 0.167. The number of aliphatic hydroxyl groups is 2. The highest BCUT2D eigenvalue weighted by molar-refractivity contribution is 8.61. The number of rotatable bonds is 6. The minimum Gasteiger partial charge on any atom is -0.388 e. The maximum absolute atomic E-state index is 12.0. The van der Waals surface area contributed by atoms with Crippen molar-refractivity contribution in [3.05, 3.63) is 35.9 Å². The Morgan fingerprint density at radius 2 is 1.40 bits per heavy atom. The van der Waals surface area contributed by atoms with Gasteiger partial charge in [0.05, 0.1) is 18.4 Å². The summed E-state index contributed by atoms with van der Waals surface area (Å²) in [6.45, 7) is -5.76. The van der Waals surface area contributed by atoms with Crippen molar-refractivity contribution in [3.8, 4) is 0 Å². The van der Waals surface area contributed by atoms with Gasteiger partial charge in [0.1, 0.15) is 12.2 Å². The van der Waals surface area contributed by atoms with E-state index in [0.29, 0.717) is 0 Å². The molecule has 0 radical (unpaired) electrons. The first kappa shape index (κ1) is 20.9. The highest BCUT2D eigenvalue weighted by Crippen LogP contribution is 2.94. The number of benzene rings is 1. The van der Waals surface area contributed by atoms with Crippen molar-refractivity contribution in [1.82, 2.24) is 0 Å². The van der Waals surface area contributed by atoms with E-state index in [4.69, 9.17) is 14.5 Å². The minimum atomic E-state index is -5.76. The van der Waals surface area contributed by atoms with Crippen LogP contribution in [0.5, 0.6) is 0 Å². The molecule has 25 heavy (non-hydrogen) atoms. The zero-order chi connectivity index (χ0) is 19.0. The van der Waals surface area contributed by atoms with Crippen molar-refractivity contribution in [2.45, 2.75) is 30.8 Å². The summed E-state index contributed by atoms with van der Waals surface area (Å²) in [5.74, 6) is 0. The van der Waals surface area contributed by atoms with Crippen molar-refractivity contribution in [2.75, 3.05) is 6.16 Å². The van der Waals surface area contributed by atoms with Crippen LogP contribution in [0, 0.1) is 0 Å². The van der Waals surface area contributed by atoms with E-state index in [2.05, 4.69) is 0 Å². The molecule has 1 aromatic carbocycles. The molecule has 0 aromatic heterocycles. The van der Waals surface area contributed by atoms with Crippen molar-refractivity contribution in [3.63, 3.8) is 0 Å². The second kappa shape index (κ2) is 7.33. The molecule has 1 aromatic rings. The summed E-state index contributed by atoms with van der Waals surface area (Å²) in [5, 5.41) is 20.0. The van der Waals surface area contributed by atoms with E-state index in [1.54, 1.807) is 30.3 Å². The van der Waals surface area contributed by atoms with Crippen LogP contribution in [-0.2, 0) is 24.9 Å². The van der Waals surface area contributed by atoms with Gasteiger partial charge in [-0.25, -0.2) is 4.57 Å². The van der Waals surface area contributed by atoms with Gasteiger partial charge in [-0.15, -0.1) is 0 Å². The first-order valence-electron chi connectivity index (χ1n) is 7.13. The molecule has 1 heterocycles. The summed E-state index contributed by atoms with van der Waals surface area (Å²) in [6.07, 6.45) is -6.55. The van der Waals surface area contributed by atoms with Crippen molar-refractivity contribution >= 4 is 21.1 Å². The monoisotopic (exact) mass is 416 g/mol. The van der Waals surface area contributed by atoms with Gasteiger partial charge in [-0.1, -0.05) is 30.3 Å². The maximum atomic E-state index is 12.0. The number of aliphatic hydroxyl groups excluding tert-OH is 2. The average Bonchev–Trinajstić information content (AvgIpc) is 2.75. The Balaban J connectivity index is 2.14. The van der Waals surface area contributed by atoms with Gasteiger partial charge in [-0.3, -0.25) is 9.13 Å². The first-order valence-corrected chi connectivity index (χ1v) is 13.7. The van der Waals surface area contributed by atoms with Crippen molar-refractivity contribution in [1.29, 1.82) is 0 Å². The normalized spacial score (nSPS) is 32.1. The SMILES string of the molecule is O=P(O)(O)P(=O)(O)P(=O)(O)C[C@H]1O[C@@H](Cc2ccccc2)[C@H](O)[C@@H]1O. The smallest absolute Gasteiger partial charge is 0.388 e. The lowest BCUT2D eigenvalue weighted by atomic mass is 10.0. The van der Waals surface area contributed by atoms with E-state index < -0.39 is 51.7 Å². The molecular weight excluding hydrogens is 397 g/mol. The quantitative estimate of drug-likeness (QED) is 0.352. The molecule has 2 unspecified atom stereocenters. The third-order valence-corrected chi connectivity index (χ3v) is 15.8. The molecule has 0 amide bonds. The van der Waals surface area contributed by atoms with Crippen molar-refractivity contribution < 1.29 is 48.2 Å². The highest BCUT2D eigenvalue weighted by atomic mass is 32.5. The molecule has 0 aliphatic carbocycles. The number of ether oxygens (including phenoxy) is 1. The van der Waals surface area contributed by atoms with E-state index in [9.17, 15) is 33.7 Å². The van der Waals surface area contributed by atoms with Gasteiger partial charge >= 0.3 is 14.0 Å². The van der Waals surface area contributed by atoms with Gasteiger partial charge in [0, 0.05) is 6.42 Å². The molecule has 6 N–H and O–H groups in total. The topological polar surface area (TPSA) is 182 Å². The van der Waals surface area contributed by atoms with Crippen LogP contribution in [0.3, 0.4) is 0 Å². The molecule has 0 bridgehead atoms. The zero-order valence-corrected chi connectivity index (χ0v) is 15.5. The fourth-order valence-electron chi connectivity index (χ4n) is 2.51. The van der Waals surface area contributed by atoms with Crippen LogP contribution in [0.4, 0.5) is 0 Å². The summed E-state index contributed by atoms with van der Waals surface area (Å²) in [7, 11) is -11.0. The van der Waals surface area contributed by atoms with Gasteiger partial charge in [0.15, 0.2) is 0 Å². The van der Waals surface area contributed by atoms with Crippen LogP contribution < -0.4 is 0 Å². The Hall–Kier alpha value is -0.370. The van der Waals surface area contributed by atoms with Gasteiger partial charge in [-0.05, 0) is 5.56 Å². The summed E-state index contributed by atoms with van der Waals surface area (Å²) >= 11 is 0. The molecule has 1 aliphatic rings. The van der Waals surface area contributed by atoms with E-state index >= 15 is 0 Å². The Morgan fingerprint density at radius 3 is 1.92 bits per heavy atom. The van der Waals surface area contributed by atoms with Gasteiger partial charge < -0.3 is 34.5 Å². The Morgan fingerprint density at radius 1 is 0.880 bits per heavy atom. The third-order valence-electron chi connectivity index (χ3n) is 3.91. The van der Waals surface area contributed by atoms with Crippen LogP contribution in [0.1, 0.15) is 5.56 Å². The molecular formula is C12H19O10P3. The zero-order valence-electron chi connectivity index (χ0n) is 12.8. The summed E-state index contributed by atoms with van der Waals surface area (Å²) in [6, 6.07) is 8.74.